The molecule has 4 atom stereocenters. The van der Waals surface area contributed by atoms with Crippen LogP contribution in [0.2, 0.25) is 0 Å². The number of fused-ring (bicyclic) bond motifs is 3. The van der Waals surface area contributed by atoms with Gasteiger partial charge in [0.05, 0.1) is 0 Å². The number of likely N-dealkylation sites (tertiary alicyclic amines) is 1. The molecule has 108 valence electrons. The van der Waals surface area contributed by atoms with Gasteiger partial charge in [0.15, 0.2) is 0 Å². The van der Waals surface area contributed by atoms with Crippen molar-refractivity contribution in [1.29, 1.82) is 0 Å². The summed E-state index contributed by atoms with van der Waals surface area (Å²) in [5.74, 6) is 0.996. The summed E-state index contributed by atoms with van der Waals surface area (Å²) in [4.78, 5) is 2.85. The maximum absolute atomic E-state index is 3.83. The van der Waals surface area contributed by atoms with Gasteiger partial charge in [0.25, 0.3) is 0 Å². The van der Waals surface area contributed by atoms with Gasteiger partial charge in [-0.05, 0) is 55.7 Å². The molecule has 1 aromatic carbocycles. The second kappa shape index (κ2) is 5.16. The summed E-state index contributed by atoms with van der Waals surface area (Å²) in [5, 5.41) is 3.83. The second-order valence-corrected chi connectivity index (χ2v) is 6.93. The van der Waals surface area contributed by atoms with Gasteiger partial charge in [-0.2, -0.15) is 0 Å². The van der Waals surface area contributed by atoms with Crippen molar-refractivity contribution < 1.29 is 0 Å². The number of hydrogen-bond acceptors (Lipinski definition) is 2. The number of hydrogen-bond donors (Lipinski definition) is 1. The van der Waals surface area contributed by atoms with Crippen LogP contribution in [0.3, 0.4) is 0 Å². The third-order valence-corrected chi connectivity index (χ3v) is 5.70. The standard InChI is InChI=1S/C18H26N2/c1-2-9-19-18-16-6-4-3-5-14(16)11-17(18)20-12-13-7-8-15(20)10-13/h3-6,13,15,17-19H,2,7-12H2,1H3. The normalized spacial score (nSPS) is 35.6. The molecule has 1 saturated carbocycles. The summed E-state index contributed by atoms with van der Waals surface area (Å²) in [6, 6.07) is 11.2. The molecule has 1 N–H and O–H groups in total. The lowest BCUT2D eigenvalue weighted by Crippen LogP contribution is -2.46. The summed E-state index contributed by atoms with van der Waals surface area (Å²) >= 11 is 0. The van der Waals surface area contributed by atoms with E-state index in [2.05, 4.69) is 41.4 Å². The van der Waals surface area contributed by atoms with Crippen LogP contribution in [0.1, 0.15) is 49.8 Å². The van der Waals surface area contributed by atoms with Crippen molar-refractivity contribution >= 4 is 0 Å². The molecule has 0 radical (unpaired) electrons. The maximum atomic E-state index is 3.83. The number of nitrogens with one attached hydrogen (secondary N) is 1. The first-order valence-electron chi connectivity index (χ1n) is 8.43. The number of piperidine rings is 1. The first kappa shape index (κ1) is 12.8. The minimum atomic E-state index is 0.561. The average molecular weight is 270 g/mol. The van der Waals surface area contributed by atoms with Crippen LogP contribution < -0.4 is 5.32 Å². The highest BCUT2D eigenvalue weighted by atomic mass is 15.2. The van der Waals surface area contributed by atoms with E-state index in [9.17, 15) is 0 Å². The molecule has 2 nitrogen and oxygen atoms in total. The van der Waals surface area contributed by atoms with Crippen LogP contribution in [0.25, 0.3) is 0 Å². The predicted octanol–water partition coefficient (Wildman–Crippen LogP) is 3.14. The van der Waals surface area contributed by atoms with Gasteiger partial charge < -0.3 is 5.32 Å². The monoisotopic (exact) mass is 270 g/mol. The molecule has 4 rings (SSSR count). The van der Waals surface area contributed by atoms with Gasteiger partial charge in [-0.25, -0.2) is 0 Å². The van der Waals surface area contributed by atoms with Crippen molar-refractivity contribution in [3.63, 3.8) is 0 Å². The van der Waals surface area contributed by atoms with E-state index in [0.29, 0.717) is 12.1 Å². The van der Waals surface area contributed by atoms with Crippen LogP contribution in [0.5, 0.6) is 0 Å². The van der Waals surface area contributed by atoms with E-state index in [1.165, 1.54) is 38.6 Å². The Morgan fingerprint density at radius 2 is 2.15 bits per heavy atom. The van der Waals surface area contributed by atoms with Crippen LogP contribution >= 0.6 is 0 Å². The van der Waals surface area contributed by atoms with Gasteiger partial charge >= 0.3 is 0 Å². The minimum Gasteiger partial charge on any atom is -0.309 e. The Labute approximate surface area is 122 Å². The van der Waals surface area contributed by atoms with Crippen molar-refractivity contribution in [3.8, 4) is 0 Å². The molecule has 4 unspecified atom stereocenters. The first-order chi connectivity index (χ1) is 9.86. The summed E-state index contributed by atoms with van der Waals surface area (Å²) < 4.78 is 0. The van der Waals surface area contributed by atoms with E-state index in [4.69, 9.17) is 0 Å². The number of nitrogens with zero attached hydrogens (tertiary/aromatic N) is 1. The molecule has 1 heterocycles. The van der Waals surface area contributed by atoms with Gasteiger partial charge in [0, 0.05) is 24.7 Å². The fourth-order valence-electron chi connectivity index (χ4n) is 4.80. The molecule has 20 heavy (non-hydrogen) atoms. The first-order valence-corrected chi connectivity index (χ1v) is 8.43. The van der Waals surface area contributed by atoms with Gasteiger partial charge in [0.1, 0.15) is 0 Å². The van der Waals surface area contributed by atoms with Crippen LogP contribution in [0.15, 0.2) is 24.3 Å². The minimum absolute atomic E-state index is 0.561. The zero-order chi connectivity index (χ0) is 13.5. The van der Waals surface area contributed by atoms with E-state index in [1.54, 1.807) is 11.1 Å². The van der Waals surface area contributed by atoms with Crippen molar-refractivity contribution in [1.82, 2.24) is 10.2 Å². The third kappa shape index (κ3) is 2.01. The highest BCUT2D eigenvalue weighted by Crippen LogP contribution is 2.44. The quantitative estimate of drug-likeness (QED) is 0.904. The molecule has 1 saturated heterocycles. The zero-order valence-electron chi connectivity index (χ0n) is 12.5. The van der Waals surface area contributed by atoms with Gasteiger partial charge in [-0.15, -0.1) is 0 Å². The lowest BCUT2D eigenvalue weighted by atomic mass is 10.0. The fraction of sp³-hybridized carbons (Fsp3) is 0.667. The molecule has 0 amide bonds. The van der Waals surface area contributed by atoms with E-state index in [-0.39, 0.29) is 0 Å². The lowest BCUT2D eigenvalue weighted by Gasteiger charge is -2.36. The zero-order valence-corrected chi connectivity index (χ0v) is 12.5. The Kier molecular flexibility index (Phi) is 3.31. The van der Waals surface area contributed by atoms with Crippen LogP contribution in [0, 0.1) is 5.92 Å². The molecule has 3 aliphatic rings. The Morgan fingerprint density at radius 1 is 1.25 bits per heavy atom. The van der Waals surface area contributed by atoms with E-state index in [0.717, 1.165) is 18.5 Å². The van der Waals surface area contributed by atoms with Gasteiger partial charge in [-0.1, -0.05) is 31.2 Å². The Morgan fingerprint density at radius 3 is 2.90 bits per heavy atom. The smallest absolute Gasteiger partial charge is 0.0484 e. The Bertz CT molecular complexity index is 484. The Balaban J connectivity index is 1.59. The van der Waals surface area contributed by atoms with Crippen LogP contribution in [0.4, 0.5) is 0 Å². The second-order valence-electron chi connectivity index (χ2n) is 6.93. The topological polar surface area (TPSA) is 15.3 Å². The summed E-state index contributed by atoms with van der Waals surface area (Å²) in [6.45, 7) is 4.76. The average Bonchev–Trinajstić information content (AvgIpc) is 3.18. The largest absolute Gasteiger partial charge is 0.309 e. The van der Waals surface area contributed by atoms with E-state index >= 15 is 0 Å². The van der Waals surface area contributed by atoms with Gasteiger partial charge in [0.2, 0.25) is 0 Å². The Hall–Kier alpha value is -0.860. The van der Waals surface area contributed by atoms with E-state index in [1.807, 2.05) is 0 Å². The van der Waals surface area contributed by atoms with Crippen LogP contribution in [-0.4, -0.2) is 30.1 Å². The summed E-state index contributed by atoms with van der Waals surface area (Å²) in [5.41, 5.74) is 3.14. The molecule has 0 aromatic heterocycles. The van der Waals surface area contributed by atoms with Gasteiger partial charge in [-0.3, -0.25) is 4.90 Å². The van der Waals surface area contributed by atoms with Crippen LogP contribution in [-0.2, 0) is 6.42 Å². The van der Waals surface area contributed by atoms with Crippen molar-refractivity contribution in [3.05, 3.63) is 35.4 Å². The molecule has 2 heteroatoms. The molecule has 2 aliphatic carbocycles. The highest BCUT2D eigenvalue weighted by molar-refractivity contribution is 5.37. The molecule has 1 aliphatic heterocycles. The number of benzene rings is 1. The number of rotatable bonds is 4. The SMILES string of the molecule is CCCNC1c2ccccc2CC1N1CC2CCC1C2. The maximum Gasteiger partial charge on any atom is 0.0484 e. The molecular weight excluding hydrogens is 244 g/mol. The highest BCUT2D eigenvalue weighted by Gasteiger charge is 2.45. The predicted molar refractivity (Wildman–Crippen MR) is 82.8 cm³/mol. The fourth-order valence-corrected chi connectivity index (χ4v) is 4.80. The summed E-state index contributed by atoms with van der Waals surface area (Å²) in [7, 11) is 0. The van der Waals surface area contributed by atoms with Crippen molar-refractivity contribution in [2.24, 2.45) is 5.92 Å². The lowest BCUT2D eigenvalue weighted by molar-refractivity contribution is 0.126. The molecule has 1 aromatic rings. The van der Waals surface area contributed by atoms with Crippen molar-refractivity contribution in [2.45, 2.75) is 57.2 Å². The summed E-state index contributed by atoms with van der Waals surface area (Å²) in [6.07, 6.45) is 6.86. The van der Waals surface area contributed by atoms with E-state index < -0.39 is 0 Å². The molecular formula is C18H26N2. The third-order valence-electron chi connectivity index (χ3n) is 5.70. The molecule has 2 fully saturated rings. The molecule has 2 bridgehead atoms. The molecule has 0 spiro atoms. The van der Waals surface area contributed by atoms with Crippen molar-refractivity contribution in [2.75, 3.05) is 13.1 Å².